The Labute approximate surface area is 165 Å². The number of nitrogens with one attached hydrogen (secondary N) is 2. The van der Waals surface area contributed by atoms with Gasteiger partial charge >= 0.3 is 0 Å². The summed E-state index contributed by atoms with van der Waals surface area (Å²) in [5.41, 5.74) is 1.74. The largest absolute Gasteiger partial charge is 0.349 e. The third-order valence-corrected chi connectivity index (χ3v) is 5.59. The number of halogens is 1. The second-order valence-electron chi connectivity index (χ2n) is 7.16. The van der Waals surface area contributed by atoms with E-state index in [2.05, 4.69) is 10.6 Å². The zero-order chi connectivity index (χ0) is 19.2. The number of hydrogen-bond acceptors (Lipinski definition) is 2. The molecular weight excluding hydrogens is 360 g/mol. The molecule has 2 aromatic rings. The summed E-state index contributed by atoms with van der Waals surface area (Å²) in [6, 6.07) is 17.2. The zero-order valence-corrected chi connectivity index (χ0v) is 16.2. The molecule has 1 fully saturated rings. The zero-order valence-electron chi connectivity index (χ0n) is 15.5. The van der Waals surface area contributed by atoms with Gasteiger partial charge in [0.1, 0.15) is 0 Å². The van der Waals surface area contributed by atoms with Gasteiger partial charge in [-0.15, -0.1) is 0 Å². The Morgan fingerprint density at radius 3 is 2.07 bits per heavy atom. The summed E-state index contributed by atoms with van der Waals surface area (Å²) in [7, 11) is 0. The Bertz CT molecular complexity index is 786. The summed E-state index contributed by atoms with van der Waals surface area (Å²) in [4.78, 5) is 25.1. The fourth-order valence-electron chi connectivity index (χ4n) is 3.57. The fraction of sp³-hybridized carbons (Fsp3) is 0.364. The van der Waals surface area contributed by atoms with E-state index >= 15 is 0 Å². The smallest absolute Gasteiger partial charge is 0.227 e. The van der Waals surface area contributed by atoms with Gasteiger partial charge in [0.15, 0.2) is 0 Å². The van der Waals surface area contributed by atoms with Gasteiger partial charge in [-0.2, -0.15) is 0 Å². The van der Waals surface area contributed by atoms with E-state index in [9.17, 15) is 9.59 Å². The average molecular weight is 385 g/mol. The van der Waals surface area contributed by atoms with E-state index in [4.69, 9.17) is 11.6 Å². The van der Waals surface area contributed by atoms with Crippen LogP contribution in [0.3, 0.4) is 0 Å². The Kier molecular flexibility index (Phi) is 6.51. The number of carbonyl (C=O) groups excluding carboxylic acids is 2. The van der Waals surface area contributed by atoms with Crippen molar-refractivity contribution in [2.75, 3.05) is 5.32 Å². The van der Waals surface area contributed by atoms with Crippen molar-refractivity contribution < 1.29 is 9.59 Å². The highest BCUT2D eigenvalue weighted by molar-refractivity contribution is 6.33. The molecule has 1 unspecified atom stereocenters. The summed E-state index contributed by atoms with van der Waals surface area (Å²) in [6.07, 6.45) is 2.89. The number of amides is 2. The highest BCUT2D eigenvalue weighted by Crippen LogP contribution is 2.31. The molecule has 4 nitrogen and oxygen atoms in total. The van der Waals surface area contributed by atoms with Crippen molar-refractivity contribution in [3.8, 4) is 0 Å². The summed E-state index contributed by atoms with van der Waals surface area (Å²) in [5.74, 6) is -0.0340. The molecule has 5 heteroatoms. The minimum atomic E-state index is -0.0723. The van der Waals surface area contributed by atoms with Crippen LogP contribution >= 0.6 is 11.6 Å². The molecule has 0 aliphatic heterocycles. The summed E-state index contributed by atoms with van der Waals surface area (Å²) in [6.45, 7) is 2.00. The second-order valence-corrected chi connectivity index (χ2v) is 7.57. The Balaban J connectivity index is 1.49. The van der Waals surface area contributed by atoms with Crippen molar-refractivity contribution in [3.63, 3.8) is 0 Å². The van der Waals surface area contributed by atoms with Crippen LogP contribution in [0, 0.1) is 11.8 Å². The summed E-state index contributed by atoms with van der Waals surface area (Å²) in [5, 5.41) is 6.54. The molecule has 2 amide bonds. The molecule has 0 saturated heterocycles. The maximum Gasteiger partial charge on any atom is 0.227 e. The van der Waals surface area contributed by atoms with E-state index in [1.54, 1.807) is 12.1 Å². The minimum Gasteiger partial charge on any atom is -0.349 e. The molecule has 27 heavy (non-hydrogen) atoms. The van der Waals surface area contributed by atoms with Crippen molar-refractivity contribution in [1.29, 1.82) is 0 Å². The van der Waals surface area contributed by atoms with Crippen LogP contribution < -0.4 is 10.6 Å². The number of para-hydroxylation sites is 1. The number of anilines is 1. The van der Waals surface area contributed by atoms with Gasteiger partial charge in [-0.3, -0.25) is 9.59 Å². The van der Waals surface area contributed by atoms with E-state index in [0.29, 0.717) is 23.6 Å². The van der Waals surface area contributed by atoms with E-state index in [1.165, 1.54) is 0 Å². The third-order valence-electron chi connectivity index (χ3n) is 5.26. The summed E-state index contributed by atoms with van der Waals surface area (Å²) >= 11 is 6.10. The van der Waals surface area contributed by atoms with Crippen molar-refractivity contribution >= 4 is 29.1 Å². The van der Waals surface area contributed by atoms with Crippen LogP contribution in [0.5, 0.6) is 0 Å². The van der Waals surface area contributed by atoms with Crippen LogP contribution in [0.1, 0.15) is 44.2 Å². The fourth-order valence-corrected chi connectivity index (χ4v) is 3.75. The summed E-state index contributed by atoms with van der Waals surface area (Å²) < 4.78 is 0. The first-order chi connectivity index (χ1) is 13.0. The van der Waals surface area contributed by atoms with Crippen molar-refractivity contribution in [2.45, 2.75) is 38.6 Å². The number of benzene rings is 2. The Hall–Kier alpha value is -2.33. The SMILES string of the molecule is CC(NC(=O)C1CCC(C(=O)Nc2ccccc2Cl)CC1)c1ccccc1. The minimum absolute atomic E-state index is 0.0139. The van der Waals surface area contributed by atoms with Crippen molar-refractivity contribution in [2.24, 2.45) is 11.8 Å². The molecule has 2 N–H and O–H groups in total. The predicted octanol–water partition coefficient (Wildman–Crippen LogP) is 4.96. The quantitative estimate of drug-likeness (QED) is 0.765. The average Bonchev–Trinajstić information content (AvgIpc) is 2.70. The van der Waals surface area contributed by atoms with Crippen LogP contribution in [-0.4, -0.2) is 11.8 Å². The Morgan fingerprint density at radius 2 is 1.44 bits per heavy atom. The van der Waals surface area contributed by atoms with Gasteiger partial charge in [0, 0.05) is 11.8 Å². The predicted molar refractivity (Wildman–Crippen MR) is 109 cm³/mol. The Morgan fingerprint density at radius 1 is 0.889 bits per heavy atom. The third kappa shape index (κ3) is 5.10. The van der Waals surface area contributed by atoms with Crippen molar-refractivity contribution in [1.82, 2.24) is 5.32 Å². The lowest BCUT2D eigenvalue weighted by molar-refractivity contribution is -0.129. The van der Waals surface area contributed by atoms with Gasteiger partial charge in [0.25, 0.3) is 0 Å². The number of hydrogen-bond donors (Lipinski definition) is 2. The normalized spacial score (nSPS) is 20.5. The maximum atomic E-state index is 12.6. The van der Waals surface area contributed by atoms with Crippen molar-refractivity contribution in [3.05, 3.63) is 65.2 Å². The molecule has 0 heterocycles. The van der Waals surface area contributed by atoms with E-state index < -0.39 is 0 Å². The first kappa shape index (κ1) is 19.4. The van der Waals surface area contributed by atoms with E-state index in [0.717, 1.165) is 18.4 Å². The topological polar surface area (TPSA) is 58.2 Å². The molecule has 1 aliphatic rings. The lowest BCUT2D eigenvalue weighted by Crippen LogP contribution is -2.36. The van der Waals surface area contributed by atoms with Gasteiger partial charge in [-0.25, -0.2) is 0 Å². The van der Waals surface area contributed by atoms with Crippen LogP contribution in [0.25, 0.3) is 0 Å². The van der Waals surface area contributed by atoms with Gasteiger partial charge in [0.05, 0.1) is 16.8 Å². The van der Waals surface area contributed by atoms with Crippen LogP contribution in [0.4, 0.5) is 5.69 Å². The van der Waals surface area contributed by atoms with E-state index in [-0.39, 0.29) is 29.7 Å². The molecule has 1 saturated carbocycles. The standard InChI is InChI=1S/C22H25ClN2O2/c1-15(16-7-3-2-4-8-16)24-21(26)17-11-13-18(14-12-17)22(27)25-20-10-6-5-9-19(20)23/h2-10,15,17-18H,11-14H2,1H3,(H,24,26)(H,25,27). The maximum absolute atomic E-state index is 12.6. The lowest BCUT2D eigenvalue weighted by Gasteiger charge is -2.28. The van der Waals surface area contributed by atoms with Gasteiger partial charge < -0.3 is 10.6 Å². The van der Waals surface area contributed by atoms with Gasteiger partial charge in [-0.1, -0.05) is 54.1 Å². The molecule has 0 bridgehead atoms. The molecule has 142 valence electrons. The van der Waals surface area contributed by atoms with Gasteiger partial charge in [0.2, 0.25) is 11.8 Å². The van der Waals surface area contributed by atoms with Crippen LogP contribution in [0.15, 0.2) is 54.6 Å². The molecule has 3 rings (SSSR count). The monoisotopic (exact) mass is 384 g/mol. The first-order valence-corrected chi connectivity index (χ1v) is 9.83. The lowest BCUT2D eigenvalue weighted by atomic mass is 9.81. The molecule has 0 radical (unpaired) electrons. The molecular formula is C22H25ClN2O2. The highest BCUT2D eigenvalue weighted by atomic mass is 35.5. The molecule has 0 spiro atoms. The van der Waals surface area contributed by atoms with Crippen LogP contribution in [0.2, 0.25) is 5.02 Å². The number of carbonyl (C=O) groups is 2. The molecule has 1 atom stereocenters. The first-order valence-electron chi connectivity index (χ1n) is 9.45. The molecule has 2 aromatic carbocycles. The highest BCUT2D eigenvalue weighted by Gasteiger charge is 2.30. The van der Waals surface area contributed by atoms with Gasteiger partial charge in [-0.05, 0) is 50.3 Å². The van der Waals surface area contributed by atoms with E-state index in [1.807, 2.05) is 49.4 Å². The molecule has 0 aromatic heterocycles. The second kappa shape index (κ2) is 9.05. The van der Waals surface area contributed by atoms with Crippen LogP contribution in [-0.2, 0) is 9.59 Å². The number of rotatable bonds is 5. The molecule has 1 aliphatic carbocycles.